The van der Waals surface area contributed by atoms with Crippen LogP contribution in [0.4, 0.5) is 14.5 Å². The summed E-state index contributed by atoms with van der Waals surface area (Å²) in [5, 5.41) is 0. The van der Waals surface area contributed by atoms with E-state index in [1.54, 1.807) is 16.7 Å². The first-order chi connectivity index (χ1) is 8.09. The number of nitrogens with zero attached hydrogens (tertiary/aromatic N) is 1. The lowest BCUT2D eigenvalue weighted by atomic mass is 10.1. The van der Waals surface area contributed by atoms with Gasteiger partial charge in [-0.3, -0.25) is 0 Å². The Balaban J connectivity index is 2.37. The molecule has 0 amide bonds. The van der Waals surface area contributed by atoms with Crippen LogP contribution in [-0.2, 0) is 0 Å². The highest BCUT2D eigenvalue weighted by atomic mass is 32.2. The van der Waals surface area contributed by atoms with Crippen molar-refractivity contribution in [2.24, 2.45) is 5.73 Å². The van der Waals surface area contributed by atoms with Crippen LogP contribution in [0, 0.1) is 11.6 Å². The topological polar surface area (TPSA) is 29.3 Å². The van der Waals surface area contributed by atoms with Crippen LogP contribution in [0.2, 0.25) is 0 Å². The highest BCUT2D eigenvalue weighted by Crippen LogP contribution is 2.27. The van der Waals surface area contributed by atoms with Gasteiger partial charge >= 0.3 is 0 Å². The Kier molecular flexibility index (Phi) is 3.83. The number of anilines is 1. The Labute approximate surface area is 108 Å². The standard InChI is InChI=1S/C11H12F2N2S2/c12-8-5-7(11(14)16)6-9(13)10(8)15-1-3-17-4-2-15/h5-6H,1-4H2,(H2,14,16). The minimum atomic E-state index is -0.597. The van der Waals surface area contributed by atoms with Gasteiger partial charge in [0.25, 0.3) is 0 Å². The van der Waals surface area contributed by atoms with E-state index < -0.39 is 11.6 Å². The van der Waals surface area contributed by atoms with Crippen molar-refractivity contribution < 1.29 is 8.78 Å². The van der Waals surface area contributed by atoms with E-state index in [1.807, 2.05) is 0 Å². The average Bonchev–Trinajstić information content (AvgIpc) is 2.29. The second kappa shape index (κ2) is 5.18. The van der Waals surface area contributed by atoms with E-state index in [0.717, 1.165) is 11.5 Å². The summed E-state index contributed by atoms with van der Waals surface area (Å²) in [6.45, 7) is 1.32. The molecule has 0 bridgehead atoms. The molecule has 0 unspecified atom stereocenters. The maximum atomic E-state index is 13.9. The summed E-state index contributed by atoms with van der Waals surface area (Å²) < 4.78 is 27.7. The molecule has 1 aliphatic rings. The number of thiocarbonyl (C=S) groups is 1. The third-order valence-corrected chi connectivity index (χ3v) is 3.81. The van der Waals surface area contributed by atoms with Crippen LogP contribution >= 0.6 is 24.0 Å². The summed E-state index contributed by atoms with van der Waals surface area (Å²) in [6, 6.07) is 2.39. The Morgan fingerprint density at radius 2 is 1.76 bits per heavy atom. The van der Waals surface area contributed by atoms with Gasteiger partial charge in [0.15, 0.2) is 0 Å². The second-order valence-electron chi connectivity index (χ2n) is 3.75. The van der Waals surface area contributed by atoms with E-state index in [4.69, 9.17) is 18.0 Å². The highest BCUT2D eigenvalue weighted by Gasteiger charge is 2.20. The van der Waals surface area contributed by atoms with Crippen LogP contribution in [0.3, 0.4) is 0 Å². The zero-order valence-electron chi connectivity index (χ0n) is 9.08. The van der Waals surface area contributed by atoms with Crippen molar-refractivity contribution in [3.8, 4) is 0 Å². The molecule has 1 aliphatic heterocycles. The third kappa shape index (κ3) is 2.69. The van der Waals surface area contributed by atoms with Gasteiger partial charge in [-0.05, 0) is 12.1 Å². The van der Waals surface area contributed by atoms with Crippen LogP contribution in [0.15, 0.2) is 12.1 Å². The predicted molar refractivity (Wildman–Crippen MR) is 71.8 cm³/mol. The molecule has 1 heterocycles. The minimum Gasteiger partial charge on any atom is -0.389 e. The van der Waals surface area contributed by atoms with Crippen molar-refractivity contribution in [3.05, 3.63) is 29.3 Å². The first-order valence-electron chi connectivity index (χ1n) is 5.21. The van der Waals surface area contributed by atoms with E-state index in [0.29, 0.717) is 13.1 Å². The fourth-order valence-electron chi connectivity index (χ4n) is 1.80. The average molecular weight is 274 g/mol. The number of nitrogens with two attached hydrogens (primary N) is 1. The van der Waals surface area contributed by atoms with Crippen LogP contribution in [0.25, 0.3) is 0 Å². The predicted octanol–water partition coefficient (Wildman–Crippen LogP) is 2.15. The van der Waals surface area contributed by atoms with Crippen molar-refractivity contribution in [1.29, 1.82) is 0 Å². The van der Waals surface area contributed by atoms with Crippen LogP contribution in [-0.4, -0.2) is 29.6 Å². The molecule has 2 nitrogen and oxygen atoms in total. The van der Waals surface area contributed by atoms with Crippen molar-refractivity contribution in [1.82, 2.24) is 0 Å². The smallest absolute Gasteiger partial charge is 0.150 e. The number of hydrogen-bond acceptors (Lipinski definition) is 3. The lowest BCUT2D eigenvalue weighted by Crippen LogP contribution is -2.34. The molecule has 0 spiro atoms. The van der Waals surface area contributed by atoms with E-state index in [2.05, 4.69) is 0 Å². The van der Waals surface area contributed by atoms with Gasteiger partial charge in [0.05, 0.1) is 0 Å². The summed E-state index contributed by atoms with van der Waals surface area (Å²) in [4.78, 5) is 1.73. The van der Waals surface area contributed by atoms with E-state index >= 15 is 0 Å². The van der Waals surface area contributed by atoms with E-state index in [1.165, 1.54) is 12.1 Å². The van der Waals surface area contributed by atoms with Gasteiger partial charge in [-0.25, -0.2) is 8.78 Å². The molecular weight excluding hydrogens is 262 g/mol. The largest absolute Gasteiger partial charge is 0.389 e. The monoisotopic (exact) mass is 274 g/mol. The molecule has 1 saturated heterocycles. The first kappa shape index (κ1) is 12.6. The molecule has 6 heteroatoms. The highest BCUT2D eigenvalue weighted by molar-refractivity contribution is 7.99. The van der Waals surface area contributed by atoms with Crippen LogP contribution in [0.1, 0.15) is 5.56 Å². The van der Waals surface area contributed by atoms with Gasteiger partial charge < -0.3 is 10.6 Å². The molecule has 2 rings (SSSR count). The van der Waals surface area contributed by atoms with Gasteiger partial charge in [-0.2, -0.15) is 11.8 Å². The number of hydrogen-bond donors (Lipinski definition) is 1. The Bertz CT molecular complexity index is 422. The molecule has 1 aromatic rings. The molecule has 0 radical (unpaired) electrons. The molecule has 0 aliphatic carbocycles. The zero-order valence-corrected chi connectivity index (χ0v) is 10.7. The Hall–Kier alpha value is -0.880. The summed E-state index contributed by atoms with van der Waals surface area (Å²) in [5.74, 6) is 0.575. The summed E-state index contributed by atoms with van der Waals surface area (Å²) in [5.41, 5.74) is 5.62. The molecule has 1 fully saturated rings. The molecule has 1 aromatic carbocycles. The maximum Gasteiger partial charge on any atom is 0.150 e. The summed E-state index contributed by atoms with van der Waals surface area (Å²) in [7, 11) is 0. The van der Waals surface area contributed by atoms with Gasteiger partial charge in [0.1, 0.15) is 22.3 Å². The quantitative estimate of drug-likeness (QED) is 0.837. The Morgan fingerprint density at radius 1 is 1.24 bits per heavy atom. The molecule has 0 saturated carbocycles. The van der Waals surface area contributed by atoms with Gasteiger partial charge in [0.2, 0.25) is 0 Å². The first-order valence-corrected chi connectivity index (χ1v) is 6.77. The van der Waals surface area contributed by atoms with E-state index in [-0.39, 0.29) is 16.2 Å². The molecule has 17 heavy (non-hydrogen) atoms. The third-order valence-electron chi connectivity index (χ3n) is 2.63. The second-order valence-corrected chi connectivity index (χ2v) is 5.42. The Morgan fingerprint density at radius 3 is 2.24 bits per heavy atom. The molecule has 2 N–H and O–H groups in total. The van der Waals surface area contributed by atoms with Crippen LogP contribution in [0.5, 0.6) is 0 Å². The zero-order chi connectivity index (χ0) is 12.4. The van der Waals surface area contributed by atoms with Crippen molar-refractivity contribution in [2.75, 3.05) is 29.5 Å². The van der Waals surface area contributed by atoms with Gasteiger partial charge in [-0.1, -0.05) is 12.2 Å². The lowest BCUT2D eigenvalue weighted by molar-refractivity contribution is 0.573. The number of rotatable bonds is 2. The number of benzene rings is 1. The molecule has 92 valence electrons. The normalized spacial score (nSPS) is 16.0. The number of halogens is 2. The fourth-order valence-corrected chi connectivity index (χ4v) is 2.82. The summed E-state index contributed by atoms with van der Waals surface area (Å²) >= 11 is 6.49. The fraction of sp³-hybridized carbons (Fsp3) is 0.364. The van der Waals surface area contributed by atoms with Gasteiger partial charge in [0, 0.05) is 30.2 Å². The molecule has 0 aromatic heterocycles. The van der Waals surface area contributed by atoms with E-state index in [9.17, 15) is 8.78 Å². The minimum absolute atomic E-state index is 0.00329. The van der Waals surface area contributed by atoms with Crippen molar-refractivity contribution in [3.63, 3.8) is 0 Å². The van der Waals surface area contributed by atoms with Crippen molar-refractivity contribution >= 4 is 34.7 Å². The van der Waals surface area contributed by atoms with Gasteiger partial charge in [-0.15, -0.1) is 0 Å². The lowest BCUT2D eigenvalue weighted by Gasteiger charge is -2.29. The SMILES string of the molecule is NC(=S)c1cc(F)c(N2CCSCC2)c(F)c1. The maximum absolute atomic E-state index is 13.9. The van der Waals surface area contributed by atoms with Crippen molar-refractivity contribution in [2.45, 2.75) is 0 Å². The van der Waals surface area contributed by atoms with Crippen LogP contribution < -0.4 is 10.6 Å². The molecule has 0 atom stereocenters. The number of thioether (sulfide) groups is 1. The molecular formula is C11H12F2N2S2. The summed E-state index contributed by atoms with van der Waals surface area (Å²) in [6.07, 6.45) is 0.